The van der Waals surface area contributed by atoms with E-state index in [2.05, 4.69) is 0 Å². The third-order valence-corrected chi connectivity index (χ3v) is 1.32. The third kappa shape index (κ3) is 4.27. The second-order valence-electron chi connectivity index (χ2n) is 2.53. The van der Waals surface area contributed by atoms with E-state index in [0.29, 0.717) is 6.42 Å². The molecule has 2 nitrogen and oxygen atoms in total. The van der Waals surface area contributed by atoms with Crippen molar-refractivity contribution < 1.29 is 9.90 Å². The van der Waals surface area contributed by atoms with Crippen LogP contribution in [-0.4, -0.2) is 17.0 Å². The summed E-state index contributed by atoms with van der Waals surface area (Å²) in [5.74, 6) is 0.0700. The van der Waals surface area contributed by atoms with Crippen LogP contribution in [0.2, 0.25) is 0 Å². The van der Waals surface area contributed by atoms with Crippen molar-refractivity contribution in [2.75, 3.05) is 0 Å². The Morgan fingerprint density at radius 2 is 2.10 bits per heavy atom. The molecule has 1 atom stereocenters. The SMILES string of the molecule is CC(=O)C(C)=CCC(C)O. The van der Waals surface area contributed by atoms with Crippen molar-refractivity contribution >= 4 is 5.78 Å². The van der Waals surface area contributed by atoms with Crippen molar-refractivity contribution in [1.29, 1.82) is 0 Å². The summed E-state index contributed by atoms with van der Waals surface area (Å²) in [6.45, 7) is 4.97. The molecule has 58 valence electrons. The molecule has 0 fully saturated rings. The van der Waals surface area contributed by atoms with Crippen molar-refractivity contribution in [3.8, 4) is 0 Å². The van der Waals surface area contributed by atoms with Gasteiger partial charge >= 0.3 is 0 Å². The van der Waals surface area contributed by atoms with Crippen LogP contribution in [0.3, 0.4) is 0 Å². The lowest BCUT2D eigenvalue weighted by Gasteiger charge is -1.98. The monoisotopic (exact) mass is 142 g/mol. The van der Waals surface area contributed by atoms with Crippen LogP contribution in [0.5, 0.6) is 0 Å². The number of carbonyl (C=O) groups is 1. The maximum Gasteiger partial charge on any atom is 0.155 e. The minimum Gasteiger partial charge on any atom is -0.393 e. The summed E-state index contributed by atoms with van der Waals surface area (Å²) < 4.78 is 0. The van der Waals surface area contributed by atoms with E-state index in [1.165, 1.54) is 6.92 Å². The molecule has 1 unspecified atom stereocenters. The number of hydrogen-bond acceptors (Lipinski definition) is 2. The average Bonchev–Trinajstić information content (AvgIpc) is 1.82. The molecule has 0 aromatic carbocycles. The highest BCUT2D eigenvalue weighted by Crippen LogP contribution is 1.99. The lowest BCUT2D eigenvalue weighted by atomic mass is 10.1. The average molecular weight is 142 g/mol. The lowest BCUT2D eigenvalue weighted by molar-refractivity contribution is -0.113. The summed E-state index contributed by atoms with van der Waals surface area (Å²) in [6.07, 6.45) is 1.97. The normalized spacial score (nSPS) is 15.0. The van der Waals surface area contributed by atoms with Gasteiger partial charge in [-0.2, -0.15) is 0 Å². The molecule has 2 heteroatoms. The summed E-state index contributed by atoms with van der Waals surface area (Å²) in [5.41, 5.74) is 0.723. The number of hydrogen-bond donors (Lipinski definition) is 1. The Bertz CT molecular complexity index is 145. The molecule has 10 heavy (non-hydrogen) atoms. The van der Waals surface area contributed by atoms with Crippen LogP contribution in [0.25, 0.3) is 0 Å². The zero-order chi connectivity index (χ0) is 8.15. The smallest absolute Gasteiger partial charge is 0.155 e. The summed E-state index contributed by atoms with van der Waals surface area (Å²) in [6, 6.07) is 0. The van der Waals surface area contributed by atoms with Gasteiger partial charge in [0.05, 0.1) is 6.10 Å². The standard InChI is InChI=1S/C8H14O2/c1-6(8(3)10)4-5-7(2)9/h4,7,9H,5H2,1-3H3. The highest BCUT2D eigenvalue weighted by molar-refractivity contribution is 5.92. The molecule has 0 saturated carbocycles. The fourth-order valence-electron chi connectivity index (χ4n) is 0.491. The van der Waals surface area contributed by atoms with Gasteiger partial charge in [-0.05, 0) is 32.8 Å². The summed E-state index contributed by atoms with van der Waals surface area (Å²) in [7, 11) is 0. The maximum absolute atomic E-state index is 10.6. The molecule has 0 heterocycles. The van der Waals surface area contributed by atoms with E-state index >= 15 is 0 Å². The molecule has 1 N–H and O–H groups in total. The molecular formula is C8H14O2. The summed E-state index contributed by atoms with van der Waals surface area (Å²) in [5, 5.41) is 8.83. The van der Waals surface area contributed by atoms with Crippen LogP contribution in [0.1, 0.15) is 27.2 Å². The van der Waals surface area contributed by atoms with E-state index in [0.717, 1.165) is 5.57 Å². The highest BCUT2D eigenvalue weighted by atomic mass is 16.3. The van der Waals surface area contributed by atoms with Crippen molar-refractivity contribution in [2.45, 2.75) is 33.3 Å². The van der Waals surface area contributed by atoms with Crippen molar-refractivity contribution in [3.05, 3.63) is 11.6 Å². The van der Waals surface area contributed by atoms with E-state index < -0.39 is 0 Å². The Labute approximate surface area is 61.6 Å². The van der Waals surface area contributed by atoms with Gasteiger partial charge in [0.15, 0.2) is 5.78 Å². The predicted octanol–water partition coefficient (Wildman–Crippen LogP) is 1.29. The van der Waals surface area contributed by atoms with Crippen molar-refractivity contribution in [1.82, 2.24) is 0 Å². The van der Waals surface area contributed by atoms with Crippen molar-refractivity contribution in [3.63, 3.8) is 0 Å². The van der Waals surface area contributed by atoms with Gasteiger partial charge < -0.3 is 5.11 Å². The Balaban J connectivity index is 3.81. The molecule has 0 spiro atoms. The molecule has 0 aliphatic carbocycles. The van der Waals surface area contributed by atoms with Gasteiger partial charge in [0.25, 0.3) is 0 Å². The van der Waals surface area contributed by atoms with E-state index in [4.69, 9.17) is 5.11 Å². The Kier molecular flexibility index (Phi) is 3.96. The van der Waals surface area contributed by atoms with Crippen LogP contribution < -0.4 is 0 Å². The van der Waals surface area contributed by atoms with E-state index in [9.17, 15) is 4.79 Å². The molecule has 0 aromatic rings. The van der Waals surface area contributed by atoms with Crippen LogP contribution in [0, 0.1) is 0 Å². The molecule has 0 bridgehead atoms. The Hall–Kier alpha value is -0.630. The number of carbonyl (C=O) groups excluding carboxylic acids is 1. The van der Waals surface area contributed by atoms with Crippen LogP contribution >= 0.6 is 0 Å². The molecule has 0 aliphatic rings. The first-order valence-corrected chi connectivity index (χ1v) is 3.39. The zero-order valence-corrected chi connectivity index (χ0v) is 6.72. The first-order chi connectivity index (χ1) is 4.54. The largest absolute Gasteiger partial charge is 0.393 e. The first-order valence-electron chi connectivity index (χ1n) is 3.39. The molecule has 0 rings (SSSR count). The fraction of sp³-hybridized carbons (Fsp3) is 0.625. The number of Topliss-reactive ketones (excluding diaryl/α,β-unsaturated/α-hetero) is 1. The number of ketones is 1. The van der Waals surface area contributed by atoms with Crippen LogP contribution in [0.15, 0.2) is 11.6 Å². The van der Waals surface area contributed by atoms with Gasteiger partial charge in [-0.3, -0.25) is 4.79 Å². The topological polar surface area (TPSA) is 37.3 Å². The summed E-state index contributed by atoms with van der Waals surface area (Å²) >= 11 is 0. The molecule has 0 radical (unpaired) electrons. The predicted molar refractivity (Wildman–Crippen MR) is 40.7 cm³/mol. The second kappa shape index (κ2) is 4.23. The fourth-order valence-corrected chi connectivity index (χ4v) is 0.491. The van der Waals surface area contributed by atoms with Gasteiger partial charge in [-0.15, -0.1) is 0 Å². The van der Waals surface area contributed by atoms with Crippen molar-refractivity contribution in [2.24, 2.45) is 0 Å². The molecule has 0 aromatic heterocycles. The highest BCUT2D eigenvalue weighted by Gasteiger charge is 1.96. The molecular weight excluding hydrogens is 128 g/mol. The molecule has 0 amide bonds. The second-order valence-corrected chi connectivity index (χ2v) is 2.53. The first kappa shape index (κ1) is 9.37. The zero-order valence-electron chi connectivity index (χ0n) is 6.72. The van der Waals surface area contributed by atoms with Gasteiger partial charge in [-0.1, -0.05) is 6.08 Å². The van der Waals surface area contributed by atoms with Gasteiger partial charge in [-0.25, -0.2) is 0 Å². The maximum atomic E-state index is 10.6. The third-order valence-electron chi connectivity index (χ3n) is 1.32. The number of rotatable bonds is 3. The Morgan fingerprint density at radius 3 is 2.40 bits per heavy atom. The number of aliphatic hydroxyl groups excluding tert-OH is 1. The minimum atomic E-state index is -0.353. The van der Waals surface area contributed by atoms with Crippen LogP contribution in [-0.2, 0) is 4.79 Å². The Morgan fingerprint density at radius 1 is 1.60 bits per heavy atom. The van der Waals surface area contributed by atoms with Gasteiger partial charge in [0.2, 0.25) is 0 Å². The number of allylic oxidation sites excluding steroid dienone is 1. The van der Waals surface area contributed by atoms with E-state index in [1.54, 1.807) is 19.9 Å². The van der Waals surface area contributed by atoms with E-state index in [1.807, 2.05) is 0 Å². The molecule has 0 aliphatic heterocycles. The van der Waals surface area contributed by atoms with Gasteiger partial charge in [0.1, 0.15) is 0 Å². The van der Waals surface area contributed by atoms with Crippen LogP contribution in [0.4, 0.5) is 0 Å². The lowest BCUT2D eigenvalue weighted by Crippen LogP contribution is -1.98. The molecule has 0 saturated heterocycles. The van der Waals surface area contributed by atoms with Gasteiger partial charge in [0, 0.05) is 0 Å². The quantitative estimate of drug-likeness (QED) is 0.603. The minimum absolute atomic E-state index is 0.0700. The number of aliphatic hydroxyl groups is 1. The summed E-state index contributed by atoms with van der Waals surface area (Å²) in [4.78, 5) is 10.6. The van der Waals surface area contributed by atoms with E-state index in [-0.39, 0.29) is 11.9 Å².